The van der Waals surface area contributed by atoms with E-state index in [1.165, 1.54) is 0 Å². The molecule has 0 aromatic carbocycles. The van der Waals surface area contributed by atoms with Crippen LogP contribution in [0.2, 0.25) is 13.8 Å². The van der Waals surface area contributed by atoms with Crippen molar-refractivity contribution in [3.63, 3.8) is 0 Å². The second-order valence-corrected chi connectivity index (χ2v) is 13.4. The van der Waals surface area contributed by atoms with Crippen molar-refractivity contribution in [2.24, 2.45) is 0 Å². The Morgan fingerprint density at radius 1 is 1.17 bits per heavy atom. The van der Waals surface area contributed by atoms with E-state index in [9.17, 15) is 0 Å². The van der Waals surface area contributed by atoms with Crippen molar-refractivity contribution in [1.29, 1.82) is 0 Å². The molecule has 0 N–H and O–H groups in total. The summed E-state index contributed by atoms with van der Waals surface area (Å²) in [5.74, 6) is 0. The maximum atomic E-state index is 2.45. The molecule has 0 nitrogen and oxygen atoms in total. The van der Waals surface area contributed by atoms with Gasteiger partial charge in [0.25, 0.3) is 0 Å². The molecule has 0 unspecified atom stereocenters. The first-order chi connectivity index (χ1) is 2.64. The molecule has 0 saturated carbocycles. The average Bonchev–Trinajstić information content (AvgIpc) is 1.36. The van der Waals surface area contributed by atoms with Gasteiger partial charge in [0.05, 0.1) is 0 Å². The molecule has 38 valence electrons. The Labute approximate surface area is 47.7 Å². The summed E-state index contributed by atoms with van der Waals surface area (Å²) in [5, 5.41) is 0. The van der Waals surface area contributed by atoms with Gasteiger partial charge in [0, 0.05) is 0 Å². The van der Waals surface area contributed by atoms with Gasteiger partial charge in [-0.15, -0.1) is 0 Å². The Balaban J connectivity index is 2.99. The zero-order chi connectivity index (χ0) is 5.15. The predicted molar refractivity (Wildman–Crippen MR) is 34.0 cm³/mol. The van der Waals surface area contributed by atoms with Crippen LogP contribution >= 0.6 is 0 Å². The van der Waals surface area contributed by atoms with Crippen LogP contribution in [-0.4, -0.2) is 19.8 Å². The van der Waals surface area contributed by atoms with E-state index in [0.29, 0.717) is 0 Å². The van der Waals surface area contributed by atoms with E-state index < -0.39 is 19.8 Å². The third-order valence-electron chi connectivity index (χ3n) is 1.33. The van der Waals surface area contributed by atoms with E-state index in [1.54, 1.807) is 0 Å². The van der Waals surface area contributed by atoms with Crippen LogP contribution in [0.4, 0.5) is 0 Å². The molecule has 0 aliphatic rings. The molecule has 6 heavy (non-hydrogen) atoms. The molecule has 0 aliphatic carbocycles. The minimum atomic E-state index is -0.805. The molecule has 0 aromatic heterocycles. The van der Waals surface area contributed by atoms with Gasteiger partial charge >= 0.3 is 47.4 Å². The number of hydrogen-bond acceptors (Lipinski definition) is 0. The molecular formula is C5H14Sn. The molecule has 0 saturated heterocycles. The van der Waals surface area contributed by atoms with Crippen LogP contribution in [-0.2, 0) is 0 Å². The monoisotopic (exact) mass is 194 g/mol. The Morgan fingerprint density at radius 2 is 1.33 bits per heavy atom. The molecule has 0 bridgehead atoms. The number of hydrogen-bond donors (Lipinski definition) is 0. The van der Waals surface area contributed by atoms with Crippen molar-refractivity contribution in [1.82, 2.24) is 0 Å². The van der Waals surface area contributed by atoms with E-state index in [0.717, 1.165) is 3.93 Å². The minimum absolute atomic E-state index is 0.805. The third-order valence-corrected chi connectivity index (χ3v) is 8.94. The van der Waals surface area contributed by atoms with Gasteiger partial charge in [-0.1, -0.05) is 0 Å². The van der Waals surface area contributed by atoms with Crippen LogP contribution in [0.15, 0.2) is 0 Å². The molecule has 0 spiro atoms. The summed E-state index contributed by atoms with van der Waals surface area (Å²) in [6, 6.07) is 0. The van der Waals surface area contributed by atoms with Gasteiger partial charge < -0.3 is 0 Å². The summed E-state index contributed by atoms with van der Waals surface area (Å²) in [4.78, 5) is 4.90. The molecule has 1 heteroatoms. The second-order valence-electron chi connectivity index (χ2n) is 2.49. The van der Waals surface area contributed by atoms with Gasteiger partial charge in [-0.05, 0) is 0 Å². The third kappa shape index (κ3) is 3.01. The summed E-state index contributed by atoms with van der Waals surface area (Å²) in [6.07, 6.45) is 0. The fraction of sp³-hybridized carbons (Fsp3) is 1.00. The van der Waals surface area contributed by atoms with Crippen molar-refractivity contribution in [2.45, 2.75) is 27.7 Å². The fourth-order valence-corrected chi connectivity index (χ4v) is 0. The molecule has 0 atom stereocenters. The summed E-state index contributed by atoms with van der Waals surface area (Å²) < 4.78 is 1.06. The molecule has 0 amide bonds. The van der Waals surface area contributed by atoms with Gasteiger partial charge in [0.15, 0.2) is 0 Å². The van der Waals surface area contributed by atoms with Crippen LogP contribution in [0.1, 0.15) is 13.8 Å². The zero-order valence-electron chi connectivity index (χ0n) is 5.15. The summed E-state index contributed by atoms with van der Waals surface area (Å²) in [5.41, 5.74) is 0. The summed E-state index contributed by atoms with van der Waals surface area (Å²) in [7, 11) is 0. The summed E-state index contributed by atoms with van der Waals surface area (Å²) >= 11 is -0.805. The first kappa shape index (κ1) is 6.80. The van der Waals surface area contributed by atoms with Gasteiger partial charge in [0.2, 0.25) is 0 Å². The van der Waals surface area contributed by atoms with E-state index in [4.69, 9.17) is 0 Å². The first-order valence-corrected chi connectivity index (χ1v) is 11.1. The topological polar surface area (TPSA) is 0 Å². The van der Waals surface area contributed by atoms with E-state index in [2.05, 4.69) is 23.7 Å². The van der Waals surface area contributed by atoms with Crippen LogP contribution in [0.3, 0.4) is 0 Å². The van der Waals surface area contributed by atoms with E-state index in [1.807, 2.05) is 0 Å². The van der Waals surface area contributed by atoms with Gasteiger partial charge in [-0.25, -0.2) is 0 Å². The fourth-order valence-electron chi connectivity index (χ4n) is 0. The van der Waals surface area contributed by atoms with Crippen LogP contribution in [0, 0.1) is 0 Å². The number of rotatable bonds is 1. The molecule has 0 aliphatic heterocycles. The second kappa shape index (κ2) is 2.89. The maximum absolute atomic E-state index is 2.45. The SMILES string of the molecule is C[CH](C)[SnH]([CH3])[CH3]. The zero-order valence-corrected chi connectivity index (χ0v) is 8.45. The van der Waals surface area contributed by atoms with Crippen molar-refractivity contribution in [2.75, 3.05) is 0 Å². The van der Waals surface area contributed by atoms with Gasteiger partial charge in [-0.3, -0.25) is 0 Å². The predicted octanol–water partition coefficient (Wildman–Crippen LogP) is 1.88. The molecule has 0 radical (unpaired) electrons. The Morgan fingerprint density at radius 3 is 1.33 bits per heavy atom. The van der Waals surface area contributed by atoms with Crippen molar-refractivity contribution >= 4 is 19.8 Å². The molecule has 0 fully saturated rings. The first-order valence-electron chi connectivity index (χ1n) is 2.64. The summed E-state index contributed by atoms with van der Waals surface area (Å²) in [6.45, 7) is 4.67. The molecular weight excluding hydrogens is 179 g/mol. The van der Waals surface area contributed by atoms with Crippen molar-refractivity contribution < 1.29 is 0 Å². The van der Waals surface area contributed by atoms with Crippen LogP contribution < -0.4 is 0 Å². The standard InChI is InChI=1S/C3H7.2CH3.Sn.H/c1-3-2;;;;/h3H,1-2H3;2*1H3;;. The Bertz CT molecular complexity index is 24.9. The Hall–Kier alpha value is 0.799. The van der Waals surface area contributed by atoms with Crippen molar-refractivity contribution in [3.8, 4) is 0 Å². The van der Waals surface area contributed by atoms with Crippen molar-refractivity contribution in [3.05, 3.63) is 0 Å². The normalized spacial score (nSPS) is 11.0. The molecule has 0 aromatic rings. The average molecular weight is 193 g/mol. The Kier molecular flexibility index (Phi) is 3.27. The van der Waals surface area contributed by atoms with E-state index >= 15 is 0 Å². The van der Waals surface area contributed by atoms with Crippen LogP contribution in [0.25, 0.3) is 0 Å². The van der Waals surface area contributed by atoms with Crippen LogP contribution in [0.5, 0.6) is 0 Å². The van der Waals surface area contributed by atoms with E-state index in [-0.39, 0.29) is 0 Å². The molecule has 0 rings (SSSR count). The quantitative estimate of drug-likeness (QED) is 0.557. The van der Waals surface area contributed by atoms with Gasteiger partial charge in [-0.2, -0.15) is 0 Å². The molecule has 0 heterocycles. The van der Waals surface area contributed by atoms with Gasteiger partial charge in [0.1, 0.15) is 0 Å².